The highest BCUT2D eigenvalue weighted by atomic mass is 32.2. The van der Waals surface area contributed by atoms with Gasteiger partial charge in [0.15, 0.2) is 0 Å². The number of pyridine rings is 1. The summed E-state index contributed by atoms with van der Waals surface area (Å²) in [7, 11) is 0. The molecule has 166 valence electrons. The van der Waals surface area contributed by atoms with Crippen LogP contribution in [0.2, 0.25) is 0 Å². The van der Waals surface area contributed by atoms with Crippen molar-refractivity contribution in [2.24, 2.45) is 5.92 Å². The zero-order valence-corrected chi connectivity index (χ0v) is 19.3. The van der Waals surface area contributed by atoms with Crippen molar-refractivity contribution < 1.29 is 4.79 Å². The Morgan fingerprint density at radius 2 is 1.87 bits per heavy atom. The predicted molar refractivity (Wildman–Crippen MR) is 128 cm³/mol. The van der Waals surface area contributed by atoms with Gasteiger partial charge in [-0.15, -0.1) is 11.8 Å². The van der Waals surface area contributed by atoms with Crippen LogP contribution in [0.25, 0.3) is 0 Å². The molecule has 0 spiro atoms. The van der Waals surface area contributed by atoms with Crippen molar-refractivity contribution in [3.05, 3.63) is 60.4 Å². The third-order valence-corrected chi connectivity index (χ3v) is 7.67. The van der Waals surface area contributed by atoms with Gasteiger partial charge in [0, 0.05) is 43.0 Å². The number of aromatic nitrogens is 1. The highest BCUT2D eigenvalue weighted by Crippen LogP contribution is 2.28. The number of nitrogens with zero attached hydrogens (tertiary/aromatic N) is 3. The Morgan fingerprint density at radius 1 is 1.03 bits per heavy atom. The van der Waals surface area contributed by atoms with E-state index in [1.165, 1.54) is 51.5 Å². The lowest BCUT2D eigenvalue weighted by Gasteiger charge is -2.41. The second-order valence-corrected chi connectivity index (χ2v) is 10.1. The Labute approximate surface area is 191 Å². The molecular weight excluding hydrogens is 402 g/mol. The summed E-state index contributed by atoms with van der Waals surface area (Å²) in [6.45, 7) is 3.89. The van der Waals surface area contributed by atoms with Crippen LogP contribution < -0.4 is 0 Å². The molecule has 31 heavy (non-hydrogen) atoms. The van der Waals surface area contributed by atoms with Crippen molar-refractivity contribution in [2.45, 2.75) is 62.4 Å². The zero-order valence-electron chi connectivity index (χ0n) is 18.5. The van der Waals surface area contributed by atoms with Crippen LogP contribution in [0, 0.1) is 5.92 Å². The van der Waals surface area contributed by atoms with Gasteiger partial charge in [-0.3, -0.25) is 9.78 Å². The van der Waals surface area contributed by atoms with Gasteiger partial charge >= 0.3 is 0 Å². The average Bonchev–Trinajstić information content (AvgIpc) is 2.84. The van der Waals surface area contributed by atoms with Crippen LogP contribution in [0.15, 0.2) is 59.8 Å². The second-order valence-electron chi connectivity index (χ2n) is 9.03. The maximum atomic E-state index is 13.2. The predicted octanol–water partition coefficient (Wildman–Crippen LogP) is 5.25. The zero-order chi connectivity index (χ0) is 21.3. The number of rotatable bonds is 8. The van der Waals surface area contributed by atoms with Crippen LogP contribution in [-0.4, -0.2) is 52.1 Å². The van der Waals surface area contributed by atoms with Crippen molar-refractivity contribution in [1.29, 1.82) is 0 Å². The number of likely N-dealkylation sites (tertiary alicyclic amines) is 1. The molecule has 0 bridgehead atoms. The molecule has 1 saturated heterocycles. The number of piperidine rings is 1. The molecule has 2 aliphatic rings. The monoisotopic (exact) mass is 437 g/mol. The molecule has 1 aromatic heterocycles. The van der Waals surface area contributed by atoms with Gasteiger partial charge in [-0.2, -0.15) is 0 Å². The molecule has 0 N–H and O–H groups in total. The van der Waals surface area contributed by atoms with E-state index in [2.05, 4.69) is 33.0 Å². The van der Waals surface area contributed by atoms with Gasteiger partial charge in [-0.05, 0) is 61.9 Å². The lowest BCUT2D eigenvalue weighted by atomic mass is 9.90. The number of hydrogen-bond donors (Lipinski definition) is 0. The van der Waals surface area contributed by atoms with Crippen molar-refractivity contribution in [2.75, 3.05) is 25.4 Å². The molecule has 0 radical (unpaired) electrons. The summed E-state index contributed by atoms with van der Waals surface area (Å²) < 4.78 is 0. The summed E-state index contributed by atoms with van der Waals surface area (Å²) >= 11 is 1.64. The smallest absolute Gasteiger partial charge is 0.233 e. The van der Waals surface area contributed by atoms with Gasteiger partial charge in [-0.25, -0.2) is 0 Å². The molecule has 1 saturated carbocycles. The van der Waals surface area contributed by atoms with Gasteiger partial charge in [0.2, 0.25) is 5.91 Å². The van der Waals surface area contributed by atoms with Crippen LogP contribution in [0.5, 0.6) is 0 Å². The molecule has 1 aliphatic carbocycles. The summed E-state index contributed by atoms with van der Waals surface area (Å²) in [5.74, 6) is 1.29. The first kappa shape index (κ1) is 22.3. The molecule has 1 aliphatic heterocycles. The molecule has 2 heterocycles. The molecule has 2 aromatic rings. The highest BCUT2D eigenvalue weighted by Gasteiger charge is 2.29. The molecule has 1 unspecified atom stereocenters. The first-order valence-corrected chi connectivity index (χ1v) is 12.8. The number of carbonyl (C=O) groups is 1. The van der Waals surface area contributed by atoms with E-state index in [1.54, 1.807) is 18.0 Å². The third kappa shape index (κ3) is 6.81. The standard InChI is InChI=1S/C26H35N3OS/c30-26(21-31-25-13-5-2-6-14-25)29(18-22-9-7-15-27-17-22)20-23-10-8-16-28(19-23)24-11-3-1-4-12-24/h2,5-7,9,13-15,17,23-24H,1,3-4,8,10-12,16,18-21H2. The van der Waals surface area contributed by atoms with E-state index in [0.29, 0.717) is 18.2 Å². The largest absolute Gasteiger partial charge is 0.337 e. The topological polar surface area (TPSA) is 36.4 Å². The van der Waals surface area contributed by atoms with Gasteiger partial charge in [0.05, 0.1) is 5.75 Å². The molecule has 1 atom stereocenters. The lowest BCUT2D eigenvalue weighted by Crippen LogP contribution is -2.47. The van der Waals surface area contributed by atoms with Crippen LogP contribution in [0.4, 0.5) is 0 Å². The summed E-state index contributed by atoms with van der Waals surface area (Å²) in [5, 5.41) is 0. The SMILES string of the molecule is O=C(CSc1ccccc1)N(Cc1cccnc1)CC1CCCN(C2CCCCC2)C1. The van der Waals surface area contributed by atoms with E-state index in [-0.39, 0.29) is 5.91 Å². The fraction of sp³-hybridized carbons (Fsp3) is 0.538. The maximum absolute atomic E-state index is 13.2. The van der Waals surface area contributed by atoms with E-state index < -0.39 is 0 Å². The lowest BCUT2D eigenvalue weighted by molar-refractivity contribution is -0.130. The van der Waals surface area contributed by atoms with E-state index in [1.807, 2.05) is 30.5 Å². The summed E-state index contributed by atoms with van der Waals surface area (Å²) in [5.41, 5.74) is 1.11. The van der Waals surface area contributed by atoms with E-state index in [4.69, 9.17) is 0 Å². The fourth-order valence-electron chi connectivity index (χ4n) is 5.06. The second kappa shape index (κ2) is 11.7. The fourth-order valence-corrected chi connectivity index (χ4v) is 5.88. The summed E-state index contributed by atoms with van der Waals surface area (Å²) in [6.07, 6.45) is 13.1. The van der Waals surface area contributed by atoms with Crippen molar-refractivity contribution in [1.82, 2.24) is 14.8 Å². The summed E-state index contributed by atoms with van der Waals surface area (Å²) in [4.78, 5) is 23.5. The summed E-state index contributed by atoms with van der Waals surface area (Å²) in [6, 6.07) is 15.0. The highest BCUT2D eigenvalue weighted by molar-refractivity contribution is 8.00. The molecule has 4 rings (SSSR count). The minimum absolute atomic E-state index is 0.229. The molecule has 4 nitrogen and oxygen atoms in total. The normalized spacial score (nSPS) is 20.5. The van der Waals surface area contributed by atoms with Gasteiger partial charge in [0.25, 0.3) is 0 Å². The number of amides is 1. The Kier molecular flexibility index (Phi) is 8.42. The van der Waals surface area contributed by atoms with E-state index >= 15 is 0 Å². The first-order chi connectivity index (χ1) is 15.3. The van der Waals surface area contributed by atoms with Gasteiger partial charge in [0.1, 0.15) is 0 Å². The quantitative estimate of drug-likeness (QED) is 0.529. The number of carbonyl (C=O) groups excluding carboxylic acids is 1. The number of benzene rings is 1. The Hall–Kier alpha value is -1.85. The molecule has 1 aromatic carbocycles. The number of thioether (sulfide) groups is 1. The third-order valence-electron chi connectivity index (χ3n) is 6.67. The van der Waals surface area contributed by atoms with Crippen LogP contribution in [0.3, 0.4) is 0 Å². The minimum Gasteiger partial charge on any atom is -0.337 e. The van der Waals surface area contributed by atoms with Crippen molar-refractivity contribution in [3.8, 4) is 0 Å². The Bertz CT molecular complexity index is 795. The molecule has 5 heteroatoms. The van der Waals surface area contributed by atoms with Gasteiger partial charge < -0.3 is 9.80 Å². The molecule has 1 amide bonds. The Morgan fingerprint density at radius 3 is 2.65 bits per heavy atom. The molecular formula is C26H35N3OS. The first-order valence-electron chi connectivity index (χ1n) is 11.9. The minimum atomic E-state index is 0.229. The van der Waals surface area contributed by atoms with Crippen LogP contribution in [-0.2, 0) is 11.3 Å². The van der Waals surface area contributed by atoms with Crippen molar-refractivity contribution in [3.63, 3.8) is 0 Å². The molecule has 2 fully saturated rings. The van der Waals surface area contributed by atoms with Gasteiger partial charge in [-0.1, -0.05) is 43.5 Å². The van der Waals surface area contributed by atoms with Crippen LogP contribution >= 0.6 is 11.8 Å². The van der Waals surface area contributed by atoms with Crippen molar-refractivity contribution >= 4 is 17.7 Å². The van der Waals surface area contributed by atoms with E-state index in [0.717, 1.165) is 29.6 Å². The maximum Gasteiger partial charge on any atom is 0.233 e. The number of hydrogen-bond acceptors (Lipinski definition) is 4. The Balaban J connectivity index is 1.38. The van der Waals surface area contributed by atoms with E-state index in [9.17, 15) is 4.79 Å². The van der Waals surface area contributed by atoms with Crippen LogP contribution in [0.1, 0.15) is 50.5 Å². The average molecular weight is 438 g/mol.